The molecule has 0 amide bonds. The van der Waals surface area contributed by atoms with Crippen molar-refractivity contribution in [1.29, 1.82) is 0 Å². The maximum absolute atomic E-state index is 5.96. The molecule has 3 heteroatoms. The Bertz CT molecular complexity index is 437. The molecule has 112 valence electrons. The molecule has 0 unspecified atom stereocenters. The van der Waals surface area contributed by atoms with E-state index in [-0.39, 0.29) is 6.10 Å². The summed E-state index contributed by atoms with van der Waals surface area (Å²) in [6, 6.07) is 5.91. The molecule has 1 aliphatic carbocycles. The van der Waals surface area contributed by atoms with E-state index < -0.39 is 0 Å². The van der Waals surface area contributed by atoms with Gasteiger partial charge >= 0.3 is 0 Å². The Morgan fingerprint density at radius 2 is 1.90 bits per heavy atom. The molecule has 1 aromatic carbocycles. The molecule has 1 aliphatic rings. The summed E-state index contributed by atoms with van der Waals surface area (Å²) >= 11 is 0. The van der Waals surface area contributed by atoms with Crippen molar-refractivity contribution in [2.24, 2.45) is 5.41 Å². The summed E-state index contributed by atoms with van der Waals surface area (Å²) in [6.07, 6.45) is 6.91. The Morgan fingerprint density at radius 3 is 2.55 bits per heavy atom. The molecule has 1 saturated carbocycles. The Balaban J connectivity index is 1.99. The highest BCUT2D eigenvalue weighted by atomic mass is 16.5. The quantitative estimate of drug-likeness (QED) is 0.782. The van der Waals surface area contributed by atoms with Gasteiger partial charge in [0.15, 0.2) is 0 Å². The predicted octanol–water partition coefficient (Wildman–Crippen LogP) is 4.44. The van der Waals surface area contributed by atoms with Gasteiger partial charge in [-0.25, -0.2) is 0 Å². The molecule has 0 aliphatic heterocycles. The van der Waals surface area contributed by atoms with Gasteiger partial charge < -0.3 is 15.8 Å². The summed E-state index contributed by atoms with van der Waals surface area (Å²) in [5.74, 6) is 0.844. The van der Waals surface area contributed by atoms with Gasteiger partial charge in [-0.1, -0.05) is 26.2 Å². The van der Waals surface area contributed by atoms with E-state index in [9.17, 15) is 0 Å². The second-order valence-corrected chi connectivity index (χ2v) is 6.68. The number of benzene rings is 1. The molecular formula is C17H28N2O. The molecule has 0 radical (unpaired) electrons. The third kappa shape index (κ3) is 4.32. The summed E-state index contributed by atoms with van der Waals surface area (Å²) in [5.41, 5.74) is 8.19. The molecule has 1 aromatic rings. The van der Waals surface area contributed by atoms with Crippen molar-refractivity contribution >= 4 is 11.4 Å². The Labute approximate surface area is 122 Å². The first-order chi connectivity index (χ1) is 9.47. The van der Waals surface area contributed by atoms with Crippen LogP contribution in [-0.2, 0) is 0 Å². The van der Waals surface area contributed by atoms with Gasteiger partial charge in [0.2, 0.25) is 0 Å². The summed E-state index contributed by atoms with van der Waals surface area (Å²) in [7, 11) is 0. The van der Waals surface area contributed by atoms with Crippen LogP contribution < -0.4 is 15.8 Å². The number of ether oxygens (including phenoxy) is 1. The van der Waals surface area contributed by atoms with Crippen molar-refractivity contribution in [3.05, 3.63) is 18.2 Å². The molecule has 0 aromatic heterocycles. The van der Waals surface area contributed by atoms with Gasteiger partial charge in [0, 0.05) is 30.1 Å². The number of anilines is 2. The van der Waals surface area contributed by atoms with E-state index in [0.717, 1.165) is 23.7 Å². The molecule has 2 rings (SSSR count). The van der Waals surface area contributed by atoms with E-state index in [4.69, 9.17) is 10.5 Å². The van der Waals surface area contributed by atoms with Gasteiger partial charge in [-0.2, -0.15) is 0 Å². The highest BCUT2D eigenvalue weighted by molar-refractivity contribution is 5.59. The molecular weight excluding hydrogens is 248 g/mol. The van der Waals surface area contributed by atoms with E-state index in [1.807, 2.05) is 32.0 Å². The lowest BCUT2D eigenvalue weighted by Gasteiger charge is -2.34. The number of nitrogens with one attached hydrogen (secondary N) is 1. The van der Waals surface area contributed by atoms with Gasteiger partial charge in [0.1, 0.15) is 5.75 Å². The highest BCUT2D eigenvalue weighted by Gasteiger charge is 2.26. The van der Waals surface area contributed by atoms with Crippen LogP contribution in [0.3, 0.4) is 0 Å². The minimum absolute atomic E-state index is 0.167. The van der Waals surface area contributed by atoms with E-state index >= 15 is 0 Å². The molecule has 0 spiro atoms. The summed E-state index contributed by atoms with van der Waals surface area (Å²) in [5, 5.41) is 3.55. The SMILES string of the molecule is CC(C)Oc1cc(N)cc(NCC2(C)CCCCC2)c1. The van der Waals surface area contributed by atoms with Crippen molar-refractivity contribution in [2.45, 2.75) is 59.0 Å². The zero-order chi connectivity index (χ0) is 14.6. The molecule has 0 heterocycles. The maximum Gasteiger partial charge on any atom is 0.123 e. The lowest BCUT2D eigenvalue weighted by Crippen LogP contribution is -2.28. The molecule has 3 N–H and O–H groups in total. The van der Waals surface area contributed by atoms with Gasteiger partial charge in [-0.15, -0.1) is 0 Å². The van der Waals surface area contributed by atoms with Crippen LogP contribution in [0.15, 0.2) is 18.2 Å². The smallest absolute Gasteiger partial charge is 0.123 e. The fourth-order valence-corrected chi connectivity index (χ4v) is 2.96. The number of hydrogen-bond donors (Lipinski definition) is 2. The number of rotatable bonds is 5. The third-order valence-electron chi connectivity index (χ3n) is 4.08. The molecule has 0 atom stereocenters. The van der Waals surface area contributed by atoms with Crippen molar-refractivity contribution in [3.63, 3.8) is 0 Å². The lowest BCUT2D eigenvalue weighted by atomic mass is 9.76. The van der Waals surface area contributed by atoms with Crippen LogP contribution in [0.5, 0.6) is 5.75 Å². The van der Waals surface area contributed by atoms with E-state index in [0.29, 0.717) is 5.41 Å². The van der Waals surface area contributed by atoms with Gasteiger partial charge in [-0.3, -0.25) is 0 Å². The third-order valence-corrected chi connectivity index (χ3v) is 4.08. The van der Waals surface area contributed by atoms with Crippen LogP contribution in [-0.4, -0.2) is 12.6 Å². The Kier molecular flexibility index (Phi) is 4.79. The standard InChI is InChI=1S/C17H28N2O/c1-13(2)20-16-10-14(18)9-15(11-16)19-12-17(3)7-5-4-6-8-17/h9-11,13,19H,4-8,12,18H2,1-3H3. The molecule has 0 saturated heterocycles. The highest BCUT2D eigenvalue weighted by Crippen LogP contribution is 2.36. The second-order valence-electron chi connectivity index (χ2n) is 6.68. The zero-order valence-corrected chi connectivity index (χ0v) is 13.0. The van der Waals surface area contributed by atoms with Crippen molar-refractivity contribution in [3.8, 4) is 5.75 Å². The normalized spacial score (nSPS) is 18.0. The second kappa shape index (κ2) is 6.38. The summed E-state index contributed by atoms with van der Waals surface area (Å²) in [6.45, 7) is 7.45. The average molecular weight is 276 g/mol. The van der Waals surface area contributed by atoms with Crippen molar-refractivity contribution in [2.75, 3.05) is 17.6 Å². The molecule has 3 nitrogen and oxygen atoms in total. The molecule has 0 bridgehead atoms. The fourth-order valence-electron chi connectivity index (χ4n) is 2.96. The van der Waals surface area contributed by atoms with Gasteiger partial charge in [0.25, 0.3) is 0 Å². The van der Waals surface area contributed by atoms with Gasteiger partial charge in [0.05, 0.1) is 6.10 Å². The van der Waals surface area contributed by atoms with E-state index in [1.165, 1.54) is 32.1 Å². The lowest BCUT2D eigenvalue weighted by molar-refractivity contribution is 0.233. The minimum Gasteiger partial charge on any atom is -0.491 e. The average Bonchev–Trinajstić information content (AvgIpc) is 2.36. The minimum atomic E-state index is 0.167. The van der Waals surface area contributed by atoms with E-state index in [1.54, 1.807) is 0 Å². The van der Waals surface area contributed by atoms with Crippen LogP contribution in [0.25, 0.3) is 0 Å². The zero-order valence-electron chi connectivity index (χ0n) is 13.0. The number of nitrogen functional groups attached to an aromatic ring is 1. The van der Waals surface area contributed by atoms with Crippen LogP contribution >= 0.6 is 0 Å². The first kappa shape index (κ1) is 15.0. The number of nitrogens with two attached hydrogens (primary N) is 1. The maximum atomic E-state index is 5.96. The van der Waals surface area contributed by atoms with Crippen LogP contribution in [0, 0.1) is 5.41 Å². The monoisotopic (exact) mass is 276 g/mol. The van der Waals surface area contributed by atoms with Crippen molar-refractivity contribution in [1.82, 2.24) is 0 Å². The first-order valence-electron chi connectivity index (χ1n) is 7.78. The Morgan fingerprint density at radius 1 is 1.20 bits per heavy atom. The molecule has 1 fully saturated rings. The van der Waals surface area contributed by atoms with Crippen LogP contribution in [0.1, 0.15) is 52.9 Å². The summed E-state index contributed by atoms with van der Waals surface area (Å²) in [4.78, 5) is 0. The topological polar surface area (TPSA) is 47.3 Å². The van der Waals surface area contributed by atoms with E-state index in [2.05, 4.69) is 12.2 Å². The predicted molar refractivity (Wildman–Crippen MR) is 86.3 cm³/mol. The van der Waals surface area contributed by atoms with Crippen LogP contribution in [0.2, 0.25) is 0 Å². The number of hydrogen-bond acceptors (Lipinski definition) is 3. The largest absolute Gasteiger partial charge is 0.491 e. The first-order valence-corrected chi connectivity index (χ1v) is 7.78. The summed E-state index contributed by atoms with van der Waals surface area (Å²) < 4.78 is 5.73. The fraction of sp³-hybridized carbons (Fsp3) is 0.647. The molecule has 20 heavy (non-hydrogen) atoms. The van der Waals surface area contributed by atoms with Crippen LogP contribution in [0.4, 0.5) is 11.4 Å². The van der Waals surface area contributed by atoms with Crippen molar-refractivity contribution < 1.29 is 4.74 Å². The Hall–Kier alpha value is -1.38. The van der Waals surface area contributed by atoms with Gasteiger partial charge in [-0.05, 0) is 38.2 Å².